The van der Waals surface area contributed by atoms with Crippen molar-refractivity contribution < 1.29 is 0 Å². The van der Waals surface area contributed by atoms with Crippen LogP contribution in [-0.4, -0.2) is 29.4 Å². The summed E-state index contributed by atoms with van der Waals surface area (Å²) in [5.74, 6) is 2.24. The standard InChI is InChI=1S/C16H30N4/c1-5-14-8-7-10-20(11-9-14)16-15(12-17-6-2)13(3)18-19(16)4/h14,17H,5-12H2,1-4H3. The predicted molar refractivity (Wildman–Crippen MR) is 85.2 cm³/mol. The minimum Gasteiger partial charge on any atom is -0.357 e. The number of nitrogens with zero attached hydrogens (tertiary/aromatic N) is 3. The van der Waals surface area contributed by atoms with E-state index in [4.69, 9.17) is 0 Å². The summed E-state index contributed by atoms with van der Waals surface area (Å²) in [5, 5.41) is 8.10. The second-order valence-corrected chi connectivity index (χ2v) is 5.98. The highest BCUT2D eigenvalue weighted by atomic mass is 15.4. The Morgan fingerprint density at radius 1 is 1.25 bits per heavy atom. The number of rotatable bonds is 5. The highest BCUT2D eigenvalue weighted by molar-refractivity contribution is 5.50. The number of nitrogens with one attached hydrogen (secondary N) is 1. The quantitative estimate of drug-likeness (QED) is 0.899. The summed E-state index contributed by atoms with van der Waals surface area (Å²) < 4.78 is 2.08. The average molecular weight is 278 g/mol. The van der Waals surface area contributed by atoms with Crippen LogP contribution in [0.25, 0.3) is 0 Å². The lowest BCUT2D eigenvalue weighted by atomic mass is 9.98. The zero-order valence-corrected chi connectivity index (χ0v) is 13.6. The summed E-state index contributed by atoms with van der Waals surface area (Å²) in [6.45, 7) is 10.9. The fraction of sp³-hybridized carbons (Fsp3) is 0.812. The molecule has 0 aromatic carbocycles. The van der Waals surface area contributed by atoms with E-state index in [2.05, 4.69) is 47.8 Å². The molecule has 2 rings (SSSR count). The molecule has 0 radical (unpaired) electrons. The topological polar surface area (TPSA) is 33.1 Å². The molecule has 1 aliphatic rings. The molecule has 1 aliphatic heterocycles. The van der Waals surface area contributed by atoms with Crippen LogP contribution in [0.2, 0.25) is 0 Å². The Morgan fingerprint density at radius 3 is 2.75 bits per heavy atom. The van der Waals surface area contributed by atoms with E-state index in [-0.39, 0.29) is 0 Å². The van der Waals surface area contributed by atoms with Crippen molar-refractivity contribution in [3.8, 4) is 0 Å². The molecule has 1 fully saturated rings. The summed E-state index contributed by atoms with van der Waals surface area (Å²) in [6, 6.07) is 0. The maximum Gasteiger partial charge on any atom is 0.131 e. The van der Waals surface area contributed by atoms with Gasteiger partial charge >= 0.3 is 0 Å². The van der Waals surface area contributed by atoms with Crippen molar-refractivity contribution in [1.82, 2.24) is 15.1 Å². The van der Waals surface area contributed by atoms with Gasteiger partial charge in [-0.05, 0) is 38.6 Å². The van der Waals surface area contributed by atoms with Crippen LogP contribution in [0.3, 0.4) is 0 Å². The third-order valence-electron chi connectivity index (χ3n) is 4.59. The third kappa shape index (κ3) is 3.35. The fourth-order valence-corrected chi connectivity index (χ4v) is 3.33. The van der Waals surface area contributed by atoms with E-state index in [0.717, 1.165) is 19.0 Å². The van der Waals surface area contributed by atoms with E-state index in [1.54, 1.807) is 0 Å². The molecule has 0 aliphatic carbocycles. The van der Waals surface area contributed by atoms with Crippen molar-refractivity contribution in [1.29, 1.82) is 0 Å². The lowest BCUT2D eigenvalue weighted by Gasteiger charge is -2.24. The Kier molecular flexibility index (Phi) is 5.46. The average Bonchev–Trinajstić information content (AvgIpc) is 2.62. The van der Waals surface area contributed by atoms with Crippen LogP contribution in [0.5, 0.6) is 0 Å². The molecule has 1 aromatic rings. The Morgan fingerprint density at radius 2 is 2.05 bits per heavy atom. The zero-order chi connectivity index (χ0) is 14.5. The first kappa shape index (κ1) is 15.4. The van der Waals surface area contributed by atoms with E-state index in [1.807, 2.05) is 0 Å². The highest BCUT2D eigenvalue weighted by Gasteiger charge is 2.22. The molecule has 1 atom stereocenters. The van der Waals surface area contributed by atoms with Gasteiger partial charge < -0.3 is 10.2 Å². The van der Waals surface area contributed by atoms with Gasteiger partial charge in [-0.1, -0.05) is 20.3 Å². The minimum absolute atomic E-state index is 0.909. The Labute approximate surface area is 123 Å². The molecule has 114 valence electrons. The van der Waals surface area contributed by atoms with Crippen molar-refractivity contribution in [3.63, 3.8) is 0 Å². The number of hydrogen-bond donors (Lipinski definition) is 1. The first-order chi connectivity index (χ1) is 9.67. The minimum atomic E-state index is 0.909. The summed E-state index contributed by atoms with van der Waals surface area (Å²) in [5.41, 5.74) is 2.55. The van der Waals surface area contributed by atoms with Gasteiger partial charge in [0, 0.05) is 32.2 Å². The third-order valence-corrected chi connectivity index (χ3v) is 4.59. The van der Waals surface area contributed by atoms with Gasteiger partial charge in [0.05, 0.1) is 5.69 Å². The van der Waals surface area contributed by atoms with Crippen LogP contribution in [0.4, 0.5) is 5.82 Å². The Bertz CT molecular complexity index is 424. The van der Waals surface area contributed by atoms with Gasteiger partial charge in [-0.15, -0.1) is 0 Å². The first-order valence-corrected chi connectivity index (χ1v) is 8.15. The van der Waals surface area contributed by atoms with Crippen molar-refractivity contribution in [2.45, 2.75) is 53.0 Å². The summed E-state index contributed by atoms with van der Waals surface area (Å²) in [4.78, 5) is 2.56. The molecule has 4 heteroatoms. The lowest BCUT2D eigenvalue weighted by molar-refractivity contribution is 0.459. The fourth-order valence-electron chi connectivity index (χ4n) is 3.33. The van der Waals surface area contributed by atoms with Crippen LogP contribution < -0.4 is 10.2 Å². The van der Waals surface area contributed by atoms with Crippen molar-refractivity contribution in [2.24, 2.45) is 13.0 Å². The molecule has 2 heterocycles. The number of aryl methyl sites for hydroxylation is 2. The molecule has 20 heavy (non-hydrogen) atoms. The van der Waals surface area contributed by atoms with Crippen LogP contribution in [0.1, 0.15) is 50.8 Å². The second kappa shape index (κ2) is 7.11. The largest absolute Gasteiger partial charge is 0.357 e. The van der Waals surface area contributed by atoms with E-state index in [1.165, 1.54) is 55.8 Å². The maximum absolute atomic E-state index is 4.64. The predicted octanol–water partition coefficient (Wildman–Crippen LogP) is 2.85. The van der Waals surface area contributed by atoms with Crippen LogP contribution in [0, 0.1) is 12.8 Å². The molecule has 0 saturated carbocycles. The Balaban J connectivity index is 2.18. The number of anilines is 1. The van der Waals surface area contributed by atoms with Crippen molar-refractivity contribution >= 4 is 5.82 Å². The van der Waals surface area contributed by atoms with Crippen LogP contribution >= 0.6 is 0 Å². The molecule has 1 unspecified atom stereocenters. The lowest BCUT2D eigenvalue weighted by Crippen LogP contribution is -2.28. The molecule has 1 N–H and O–H groups in total. The Hall–Kier alpha value is -1.03. The zero-order valence-electron chi connectivity index (χ0n) is 13.6. The summed E-state index contributed by atoms with van der Waals surface area (Å²) >= 11 is 0. The normalized spacial score (nSPS) is 20.2. The molecule has 1 aromatic heterocycles. The van der Waals surface area contributed by atoms with Crippen molar-refractivity contribution in [3.05, 3.63) is 11.3 Å². The molecule has 0 bridgehead atoms. The van der Waals surface area contributed by atoms with Gasteiger partial charge in [0.1, 0.15) is 5.82 Å². The highest BCUT2D eigenvalue weighted by Crippen LogP contribution is 2.28. The van der Waals surface area contributed by atoms with Crippen LogP contribution in [-0.2, 0) is 13.6 Å². The van der Waals surface area contributed by atoms with Crippen molar-refractivity contribution in [2.75, 3.05) is 24.5 Å². The molecule has 0 spiro atoms. The number of aromatic nitrogens is 2. The molecule has 4 nitrogen and oxygen atoms in total. The van der Waals surface area contributed by atoms with Gasteiger partial charge in [-0.3, -0.25) is 4.68 Å². The SMILES string of the molecule is CCNCc1c(C)nn(C)c1N1CCCC(CC)CC1. The van der Waals surface area contributed by atoms with E-state index in [0.29, 0.717) is 0 Å². The second-order valence-electron chi connectivity index (χ2n) is 5.98. The monoisotopic (exact) mass is 278 g/mol. The van der Waals surface area contributed by atoms with E-state index >= 15 is 0 Å². The van der Waals surface area contributed by atoms with Gasteiger partial charge in [0.15, 0.2) is 0 Å². The summed E-state index contributed by atoms with van der Waals surface area (Å²) in [7, 11) is 2.08. The molecular formula is C16H30N4. The van der Waals surface area contributed by atoms with Gasteiger partial charge in [-0.25, -0.2) is 0 Å². The maximum atomic E-state index is 4.64. The smallest absolute Gasteiger partial charge is 0.131 e. The molecule has 0 amide bonds. The molecule has 1 saturated heterocycles. The van der Waals surface area contributed by atoms with E-state index < -0.39 is 0 Å². The van der Waals surface area contributed by atoms with E-state index in [9.17, 15) is 0 Å². The van der Waals surface area contributed by atoms with Crippen LogP contribution in [0.15, 0.2) is 0 Å². The van der Waals surface area contributed by atoms with Gasteiger partial charge in [0.2, 0.25) is 0 Å². The number of hydrogen-bond acceptors (Lipinski definition) is 3. The molecular weight excluding hydrogens is 248 g/mol. The van der Waals surface area contributed by atoms with Gasteiger partial charge in [-0.2, -0.15) is 5.10 Å². The first-order valence-electron chi connectivity index (χ1n) is 8.15. The van der Waals surface area contributed by atoms with Gasteiger partial charge in [0.25, 0.3) is 0 Å². The summed E-state index contributed by atoms with van der Waals surface area (Å²) in [6.07, 6.45) is 5.33.